The number of likely N-dealkylation sites (tertiary alicyclic amines) is 1. The van der Waals surface area contributed by atoms with Crippen LogP contribution in [0.15, 0.2) is 48.7 Å². The van der Waals surface area contributed by atoms with Crippen molar-refractivity contribution in [3.8, 4) is 11.6 Å². The third kappa shape index (κ3) is 4.47. The van der Waals surface area contributed by atoms with Gasteiger partial charge in [-0.25, -0.2) is 18.7 Å². The number of carbonyl (C=O) groups is 1. The normalized spacial score (nSPS) is 18.6. The number of pyridine rings is 2. The number of aromatic nitrogens is 2. The Hall–Kier alpha value is -3.34. The molecule has 0 radical (unpaired) electrons. The maximum atomic E-state index is 13.4. The molecule has 3 aromatic rings. The van der Waals surface area contributed by atoms with Gasteiger partial charge in [-0.05, 0) is 30.3 Å². The number of ether oxygens (including phenoxy) is 1. The Labute approximate surface area is 178 Å². The van der Waals surface area contributed by atoms with E-state index >= 15 is 0 Å². The highest BCUT2D eigenvalue weighted by atomic mass is 19.4. The minimum Gasteiger partial charge on any atom is -0.439 e. The van der Waals surface area contributed by atoms with Gasteiger partial charge < -0.3 is 14.7 Å². The topological polar surface area (TPSA) is 75.5 Å². The summed E-state index contributed by atoms with van der Waals surface area (Å²) in [6, 6.07) is 9.58. The molecule has 1 fully saturated rings. The Morgan fingerprint density at radius 3 is 2.59 bits per heavy atom. The summed E-state index contributed by atoms with van der Waals surface area (Å²) >= 11 is 0. The average molecular weight is 453 g/mol. The van der Waals surface area contributed by atoms with E-state index in [0.717, 1.165) is 17.0 Å². The van der Waals surface area contributed by atoms with Crippen molar-refractivity contribution in [3.63, 3.8) is 0 Å². The molecule has 0 spiro atoms. The summed E-state index contributed by atoms with van der Waals surface area (Å²) in [4.78, 5) is 21.6. The Bertz CT molecular complexity index is 1150. The van der Waals surface area contributed by atoms with Crippen LogP contribution < -0.4 is 4.74 Å². The highest BCUT2D eigenvalue weighted by Crippen LogP contribution is 2.31. The number of fused-ring (bicyclic) bond motifs is 1. The SMILES string of the molecule is O=C(c1ccc2cc(Oc3ccc(C(F)(F)F)cn3)ccc2n1)N1CCC(F)(F)C(O)C1. The first-order valence-electron chi connectivity index (χ1n) is 9.50. The predicted molar refractivity (Wildman–Crippen MR) is 103 cm³/mol. The van der Waals surface area contributed by atoms with Crippen molar-refractivity contribution in [3.05, 3.63) is 59.9 Å². The number of carbonyl (C=O) groups excluding carboxylic acids is 1. The number of aliphatic hydroxyl groups excluding tert-OH is 1. The van der Waals surface area contributed by atoms with E-state index in [1.807, 2.05) is 0 Å². The summed E-state index contributed by atoms with van der Waals surface area (Å²) in [6.45, 7) is -0.687. The molecule has 0 aliphatic carbocycles. The number of aliphatic hydroxyl groups is 1. The molecule has 1 aromatic carbocycles. The van der Waals surface area contributed by atoms with Crippen molar-refractivity contribution >= 4 is 16.8 Å². The number of piperidine rings is 1. The molecule has 0 bridgehead atoms. The van der Waals surface area contributed by atoms with Crippen LogP contribution in [0.5, 0.6) is 11.6 Å². The molecule has 3 heterocycles. The highest BCUT2D eigenvalue weighted by Gasteiger charge is 2.44. The number of rotatable bonds is 3. The lowest BCUT2D eigenvalue weighted by Crippen LogP contribution is -2.52. The van der Waals surface area contributed by atoms with Crippen LogP contribution in [0, 0.1) is 0 Å². The fourth-order valence-corrected chi connectivity index (χ4v) is 3.25. The molecule has 6 nitrogen and oxygen atoms in total. The zero-order chi connectivity index (χ0) is 23.1. The van der Waals surface area contributed by atoms with E-state index in [2.05, 4.69) is 9.97 Å². The number of benzene rings is 1. The van der Waals surface area contributed by atoms with Crippen molar-refractivity contribution in [1.82, 2.24) is 14.9 Å². The van der Waals surface area contributed by atoms with Gasteiger partial charge in [0.2, 0.25) is 5.88 Å². The predicted octanol–water partition coefficient (Wildman–Crippen LogP) is 4.28. The third-order valence-electron chi connectivity index (χ3n) is 5.05. The Balaban J connectivity index is 1.49. The summed E-state index contributed by atoms with van der Waals surface area (Å²) in [6.07, 6.45) is -6.39. The van der Waals surface area contributed by atoms with E-state index in [1.165, 1.54) is 12.1 Å². The number of halogens is 5. The molecule has 2 aromatic heterocycles. The van der Waals surface area contributed by atoms with Gasteiger partial charge in [-0.3, -0.25) is 4.79 Å². The number of hydrogen-bond acceptors (Lipinski definition) is 5. The van der Waals surface area contributed by atoms with Crippen LogP contribution in [0.4, 0.5) is 22.0 Å². The molecule has 1 atom stereocenters. The minimum atomic E-state index is -4.50. The van der Waals surface area contributed by atoms with Gasteiger partial charge in [0.15, 0.2) is 0 Å². The molecule has 1 aliphatic rings. The lowest BCUT2D eigenvalue weighted by Gasteiger charge is -2.35. The van der Waals surface area contributed by atoms with Crippen molar-refractivity contribution in [1.29, 1.82) is 0 Å². The van der Waals surface area contributed by atoms with Crippen LogP contribution in [-0.2, 0) is 6.18 Å². The number of hydrogen-bond donors (Lipinski definition) is 1. The molecule has 1 saturated heterocycles. The maximum Gasteiger partial charge on any atom is 0.417 e. The van der Waals surface area contributed by atoms with Crippen molar-refractivity contribution in [2.75, 3.05) is 13.1 Å². The van der Waals surface area contributed by atoms with Crippen LogP contribution in [0.2, 0.25) is 0 Å². The Morgan fingerprint density at radius 1 is 1.16 bits per heavy atom. The molecular weight excluding hydrogens is 437 g/mol. The van der Waals surface area contributed by atoms with Gasteiger partial charge in [-0.15, -0.1) is 0 Å². The smallest absolute Gasteiger partial charge is 0.417 e. The quantitative estimate of drug-likeness (QED) is 0.599. The maximum absolute atomic E-state index is 13.4. The zero-order valence-corrected chi connectivity index (χ0v) is 16.3. The fourth-order valence-electron chi connectivity index (χ4n) is 3.25. The molecule has 32 heavy (non-hydrogen) atoms. The van der Waals surface area contributed by atoms with E-state index in [-0.39, 0.29) is 18.1 Å². The molecule has 4 rings (SSSR count). The summed E-state index contributed by atoms with van der Waals surface area (Å²) < 4.78 is 70.2. The molecule has 0 saturated carbocycles. The van der Waals surface area contributed by atoms with Crippen LogP contribution in [0.1, 0.15) is 22.5 Å². The molecule has 1 amide bonds. The molecule has 1 unspecified atom stereocenters. The fraction of sp³-hybridized carbons (Fsp3) is 0.286. The lowest BCUT2D eigenvalue weighted by atomic mass is 10.0. The second-order valence-electron chi connectivity index (χ2n) is 7.31. The monoisotopic (exact) mass is 453 g/mol. The van der Waals surface area contributed by atoms with Crippen molar-refractivity contribution in [2.45, 2.75) is 24.6 Å². The molecule has 1 aliphatic heterocycles. The minimum absolute atomic E-state index is 0.0300. The van der Waals surface area contributed by atoms with Gasteiger partial charge in [0, 0.05) is 30.6 Å². The van der Waals surface area contributed by atoms with E-state index < -0.39 is 42.6 Å². The van der Waals surface area contributed by atoms with E-state index in [1.54, 1.807) is 18.2 Å². The average Bonchev–Trinajstić information content (AvgIpc) is 2.74. The van der Waals surface area contributed by atoms with Crippen LogP contribution in [0.25, 0.3) is 10.9 Å². The van der Waals surface area contributed by atoms with Gasteiger partial charge in [0.05, 0.1) is 17.6 Å². The third-order valence-corrected chi connectivity index (χ3v) is 5.05. The standard InChI is InChI=1S/C21H16F5N3O3/c22-20(23)7-8-29(11-17(20)30)19(31)16-4-1-12-9-14(3-5-15(12)28-16)32-18-6-2-13(10-27-18)21(24,25)26/h1-6,9-10,17,30H,7-8,11H2. The summed E-state index contributed by atoms with van der Waals surface area (Å²) in [5.74, 6) is -3.54. The second kappa shape index (κ2) is 7.97. The van der Waals surface area contributed by atoms with Gasteiger partial charge in [0.1, 0.15) is 17.5 Å². The first-order valence-corrected chi connectivity index (χ1v) is 9.50. The van der Waals surface area contributed by atoms with E-state index in [9.17, 15) is 31.9 Å². The number of nitrogens with zero attached hydrogens (tertiary/aromatic N) is 3. The van der Waals surface area contributed by atoms with Crippen LogP contribution in [-0.4, -0.2) is 51.0 Å². The van der Waals surface area contributed by atoms with Crippen molar-refractivity contribution in [2.24, 2.45) is 0 Å². The summed E-state index contributed by atoms with van der Waals surface area (Å²) in [5.41, 5.74) is -0.436. The molecule has 1 N–H and O–H groups in total. The van der Waals surface area contributed by atoms with Crippen molar-refractivity contribution < 1.29 is 36.6 Å². The molecule has 168 valence electrons. The summed E-state index contributed by atoms with van der Waals surface area (Å²) in [7, 11) is 0. The van der Waals surface area contributed by atoms with E-state index in [4.69, 9.17) is 4.74 Å². The largest absolute Gasteiger partial charge is 0.439 e. The van der Waals surface area contributed by atoms with Gasteiger partial charge in [-0.2, -0.15) is 13.2 Å². The second-order valence-corrected chi connectivity index (χ2v) is 7.31. The van der Waals surface area contributed by atoms with Gasteiger partial charge in [0.25, 0.3) is 11.8 Å². The first kappa shape index (κ1) is 21.9. The van der Waals surface area contributed by atoms with Gasteiger partial charge in [-0.1, -0.05) is 6.07 Å². The Kier molecular flexibility index (Phi) is 5.45. The number of alkyl halides is 5. The van der Waals surface area contributed by atoms with Crippen LogP contribution in [0.3, 0.4) is 0 Å². The van der Waals surface area contributed by atoms with Crippen LogP contribution >= 0.6 is 0 Å². The Morgan fingerprint density at radius 2 is 1.94 bits per heavy atom. The van der Waals surface area contributed by atoms with E-state index in [0.29, 0.717) is 22.8 Å². The number of β-amino-alcohol motifs (C(OH)–C–C–N with tert-alkyl or cyclic N) is 1. The highest BCUT2D eigenvalue weighted by molar-refractivity contribution is 5.95. The first-order chi connectivity index (χ1) is 15.0. The number of amides is 1. The molecular formula is C21H16F5N3O3. The summed E-state index contributed by atoms with van der Waals surface area (Å²) in [5, 5.41) is 10.1. The van der Waals surface area contributed by atoms with Gasteiger partial charge >= 0.3 is 6.18 Å². The lowest BCUT2D eigenvalue weighted by molar-refractivity contribution is -0.141. The molecule has 11 heteroatoms. The zero-order valence-electron chi connectivity index (χ0n) is 16.3.